The summed E-state index contributed by atoms with van der Waals surface area (Å²) in [6.07, 6.45) is 0. The third kappa shape index (κ3) is 5.22. The summed E-state index contributed by atoms with van der Waals surface area (Å²) >= 11 is 5.60. The zero-order valence-electron chi connectivity index (χ0n) is 7.57. The first-order valence-corrected chi connectivity index (χ1v) is 4.16. The maximum absolute atomic E-state index is 10.1. The fourth-order valence-corrected chi connectivity index (χ4v) is 0.802. The molecular formula is C10H11ClO3. The van der Waals surface area contributed by atoms with Gasteiger partial charge in [-0.3, -0.25) is 0 Å². The monoisotopic (exact) mass is 214 g/mol. The smallest absolute Gasteiger partial charge is 0.341 e. The van der Waals surface area contributed by atoms with Gasteiger partial charge >= 0.3 is 5.97 Å². The van der Waals surface area contributed by atoms with E-state index < -0.39 is 5.97 Å². The van der Waals surface area contributed by atoms with Crippen molar-refractivity contribution in [1.29, 1.82) is 0 Å². The molecule has 76 valence electrons. The number of halogens is 1. The highest BCUT2D eigenvalue weighted by Gasteiger charge is 1.97. The van der Waals surface area contributed by atoms with Crippen molar-refractivity contribution < 1.29 is 14.6 Å². The SMILES string of the molecule is C=C.O=C(O)COc1ccc(Cl)cc1. The first-order valence-electron chi connectivity index (χ1n) is 3.78. The molecule has 0 heterocycles. The van der Waals surface area contributed by atoms with Gasteiger partial charge < -0.3 is 9.84 Å². The molecule has 0 radical (unpaired) electrons. The van der Waals surface area contributed by atoms with Crippen molar-refractivity contribution in [1.82, 2.24) is 0 Å². The molecule has 1 rings (SSSR count). The Labute approximate surface area is 87.6 Å². The lowest BCUT2D eigenvalue weighted by molar-refractivity contribution is -0.139. The molecule has 0 aliphatic rings. The van der Waals surface area contributed by atoms with Crippen molar-refractivity contribution >= 4 is 17.6 Å². The number of carboxylic acid groups (broad SMARTS) is 1. The molecule has 0 atom stereocenters. The van der Waals surface area contributed by atoms with Crippen molar-refractivity contribution in [3.63, 3.8) is 0 Å². The lowest BCUT2D eigenvalue weighted by Gasteiger charge is -2.01. The van der Waals surface area contributed by atoms with Crippen LogP contribution < -0.4 is 4.74 Å². The number of hydrogen-bond acceptors (Lipinski definition) is 2. The van der Waals surface area contributed by atoms with Gasteiger partial charge in [-0.2, -0.15) is 0 Å². The van der Waals surface area contributed by atoms with E-state index in [9.17, 15) is 4.79 Å². The highest BCUT2D eigenvalue weighted by molar-refractivity contribution is 6.30. The minimum Gasteiger partial charge on any atom is -0.482 e. The van der Waals surface area contributed by atoms with E-state index >= 15 is 0 Å². The predicted octanol–water partition coefficient (Wildman–Crippen LogP) is 2.61. The summed E-state index contributed by atoms with van der Waals surface area (Å²) in [5, 5.41) is 8.87. The van der Waals surface area contributed by atoms with Crippen LogP contribution in [0.3, 0.4) is 0 Å². The Kier molecular flexibility index (Phi) is 6.24. The molecular weight excluding hydrogens is 204 g/mol. The molecule has 0 aromatic heterocycles. The van der Waals surface area contributed by atoms with Gasteiger partial charge in [-0.1, -0.05) is 11.6 Å². The van der Waals surface area contributed by atoms with E-state index in [4.69, 9.17) is 21.4 Å². The van der Waals surface area contributed by atoms with Crippen LogP contribution >= 0.6 is 11.6 Å². The second-order valence-electron chi connectivity index (χ2n) is 2.14. The van der Waals surface area contributed by atoms with Crippen LogP contribution in [0.5, 0.6) is 5.75 Å². The molecule has 1 N–H and O–H groups in total. The van der Waals surface area contributed by atoms with Crippen molar-refractivity contribution in [2.75, 3.05) is 6.61 Å². The van der Waals surface area contributed by atoms with Crippen LogP contribution in [0.2, 0.25) is 5.02 Å². The van der Waals surface area contributed by atoms with Crippen LogP contribution in [0.15, 0.2) is 37.4 Å². The Morgan fingerprint density at radius 3 is 2.29 bits per heavy atom. The molecule has 14 heavy (non-hydrogen) atoms. The largest absolute Gasteiger partial charge is 0.482 e. The lowest BCUT2D eigenvalue weighted by Crippen LogP contribution is -2.09. The summed E-state index contributed by atoms with van der Waals surface area (Å²) in [5.74, 6) is -0.494. The minimum atomic E-state index is -0.995. The number of ether oxygens (including phenoxy) is 1. The van der Waals surface area contributed by atoms with E-state index in [0.29, 0.717) is 10.8 Å². The third-order valence-corrected chi connectivity index (χ3v) is 1.43. The van der Waals surface area contributed by atoms with Gasteiger partial charge in [0.05, 0.1) is 0 Å². The molecule has 0 aliphatic carbocycles. The standard InChI is InChI=1S/C8H7ClO3.C2H4/c9-6-1-3-7(4-2-6)12-5-8(10)11;1-2/h1-4H,5H2,(H,10,11);1-2H2. The van der Waals surface area contributed by atoms with Crippen molar-refractivity contribution in [2.45, 2.75) is 0 Å². The number of carbonyl (C=O) groups is 1. The second kappa shape index (κ2) is 6.97. The summed E-state index contributed by atoms with van der Waals surface area (Å²) in [6.45, 7) is 5.67. The van der Waals surface area contributed by atoms with Gasteiger partial charge in [-0.15, -0.1) is 13.2 Å². The van der Waals surface area contributed by atoms with Gasteiger partial charge in [0.2, 0.25) is 0 Å². The van der Waals surface area contributed by atoms with Gasteiger partial charge in [0, 0.05) is 5.02 Å². The molecule has 0 unspecified atom stereocenters. The average molecular weight is 215 g/mol. The lowest BCUT2D eigenvalue weighted by atomic mass is 10.3. The van der Waals surface area contributed by atoms with Gasteiger partial charge in [0.15, 0.2) is 6.61 Å². The Morgan fingerprint density at radius 2 is 1.86 bits per heavy atom. The Hall–Kier alpha value is -1.48. The molecule has 0 fully saturated rings. The van der Waals surface area contributed by atoms with Crippen LogP contribution in [-0.2, 0) is 4.79 Å². The maximum Gasteiger partial charge on any atom is 0.341 e. The van der Waals surface area contributed by atoms with Crippen LogP contribution in [0.1, 0.15) is 0 Å². The third-order valence-electron chi connectivity index (χ3n) is 1.18. The molecule has 0 aliphatic heterocycles. The van der Waals surface area contributed by atoms with Crippen LogP contribution in [0, 0.1) is 0 Å². The van der Waals surface area contributed by atoms with E-state index in [1.165, 1.54) is 0 Å². The summed E-state index contributed by atoms with van der Waals surface area (Å²) in [7, 11) is 0. The van der Waals surface area contributed by atoms with Gasteiger partial charge in [-0.25, -0.2) is 4.79 Å². The number of carboxylic acids is 1. The number of aliphatic carboxylic acids is 1. The van der Waals surface area contributed by atoms with E-state index in [1.54, 1.807) is 24.3 Å². The minimum absolute atomic E-state index is 0.332. The first-order chi connectivity index (χ1) is 6.68. The summed E-state index contributed by atoms with van der Waals surface area (Å²) in [4.78, 5) is 10.1. The maximum atomic E-state index is 10.1. The molecule has 0 saturated carbocycles. The summed E-state index contributed by atoms with van der Waals surface area (Å²) < 4.78 is 4.86. The molecule has 0 spiro atoms. The Balaban J connectivity index is 0.000000791. The zero-order chi connectivity index (χ0) is 11.0. The molecule has 0 amide bonds. The Morgan fingerprint density at radius 1 is 1.36 bits per heavy atom. The number of rotatable bonds is 3. The van der Waals surface area contributed by atoms with Crippen LogP contribution in [-0.4, -0.2) is 17.7 Å². The van der Waals surface area contributed by atoms with Gasteiger partial charge in [0.1, 0.15) is 5.75 Å². The Bertz CT molecular complexity index is 282. The van der Waals surface area contributed by atoms with E-state index in [-0.39, 0.29) is 6.61 Å². The van der Waals surface area contributed by atoms with Crippen LogP contribution in [0.4, 0.5) is 0 Å². The predicted molar refractivity (Wildman–Crippen MR) is 55.8 cm³/mol. The quantitative estimate of drug-likeness (QED) is 0.787. The zero-order valence-corrected chi connectivity index (χ0v) is 8.33. The molecule has 3 nitrogen and oxygen atoms in total. The summed E-state index contributed by atoms with van der Waals surface area (Å²) in [6, 6.07) is 6.51. The highest BCUT2D eigenvalue weighted by atomic mass is 35.5. The van der Waals surface area contributed by atoms with Crippen molar-refractivity contribution in [2.24, 2.45) is 0 Å². The topological polar surface area (TPSA) is 46.5 Å². The molecule has 0 saturated heterocycles. The number of benzene rings is 1. The fraction of sp³-hybridized carbons (Fsp3) is 0.100. The number of hydrogen-bond donors (Lipinski definition) is 1. The van der Waals surface area contributed by atoms with Gasteiger partial charge in [0.25, 0.3) is 0 Å². The first kappa shape index (κ1) is 12.5. The van der Waals surface area contributed by atoms with E-state index in [0.717, 1.165) is 0 Å². The van der Waals surface area contributed by atoms with Crippen molar-refractivity contribution in [3.05, 3.63) is 42.4 Å². The normalized spacial score (nSPS) is 8.36. The van der Waals surface area contributed by atoms with Crippen molar-refractivity contribution in [3.8, 4) is 5.75 Å². The molecule has 1 aromatic carbocycles. The van der Waals surface area contributed by atoms with E-state index in [2.05, 4.69) is 13.2 Å². The van der Waals surface area contributed by atoms with E-state index in [1.807, 2.05) is 0 Å². The average Bonchev–Trinajstić information content (AvgIpc) is 2.20. The summed E-state index contributed by atoms with van der Waals surface area (Å²) in [5.41, 5.74) is 0. The highest BCUT2D eigenvalue weighted by Crippen LogP contribution is 2.14. The fourth-order valence-electron chi connectivity index (χ4n) is 0.676. The van der Waals surface area contributed by atoms with Crippen LogP contribution in [0.25, 0.3) is 0 Å². The second-order valence-corrected chi connectivity index (χ2v) is 2.57. The molecule has 4 heteroatoms. The molecule has 1 aromatic rings. The molecule has 0 bridgehead atoms. The van der Waals surface area contributed by atoms with Gasteiger partial charge in [-0.05, 0) is 24.3 Å².